The lowest BCUT2D eigenvalue weighted by atomic mass is 9.98. The van der Waals surface area contributed by atoms with E-state index in [4.69, 9.17) is 5.11 Å². The van der Waals surface area contributed by atoms with Crippen LogP contribution in [-0.4, -0.2) is 66.2 Å². The number of carboxylic acids is 1. The van der Waals surface area contributed by atoms with Crippen LogP contribution in [0.25, 0.3) is 0 Å². The number of carboxylic acid groups (broad SMARTS) is 1. The van der Waals surface area contributed by atoms with Crippen LogP contribution in [-0.2, 0) is 4.79 Å². The second-order valence-electron chi connectivity index (χ2n) is 6.40. The van der Waals surface area contributed by atoms with E-state index in [1.54, 1.807) is 4.90 Å². The molecule has 2 fully saturated rings. The minimum Gasteiger partial charge on any atom is -0.481 e. The predicted molar refractivity (Wildman–Crippen MR) is 80.2 cm³/mol. The average Bonchev–Trinajstić information content (AvgIpc) is 2.45. The van der Waals surface area contributed by atoms with Crippen molar-refractivity contribution in [3.63, 3.8) is 0 Å². The molecule has 0 aliphatic carbocycles. The standard InChI is InChI=1S/C15H27N3O3/c1-17-7-4-5-12(11-17)10-16-15(21)18-8-3-2-6-13(18)9-14(19)20/h12-13H,2-11H2,1H3,(H,16,21)(H,19,20). The van der Waals surface area contributed by atoms with E-state index in [0.29, 0.717) is 19.0 Å². The number of amides is 2. The monoisotopic (exact) mass is 297 g/mol. The van der Waals surface area contributed by atoms with E-state index in [1.807, 2.05) is 0 Å². The minimum atomic E-state index is -0.825. The molecular weight excluding hydrogens is 270 g/mol. The van der Waals surface area contributed by atoms with E-state index in [2.05, 4.69) is 17.3 Å². The Balaban J connectivity index is 1.81. The average molecular weight is 297 g/mol. The van der Waals surface area contributed by atoms with Crippen LogP contribution in [0.3, 0.4) is 0 Å². The maximum atomic E-state index is 12.3. The first kappa shape index (κ1) is 16.1. The Labute approximate surface area is 126 Å². The molecule has 2 unspecified atom stereocenters. The number of likely N-dealkylation sites (tertiary alicyclic amines) is 2. The Kier molecular flexibility index (Phi) is 5.85. The molecule has 0 saturated carbocycles. The summed E-state index contributed by atoms with van der Waals surface area (Å²) in [5, 5.41) is 12.0. The summed E-state index contributed by atoms with van der Waals surface area (Å²) in [6.45, 7) is 3.53. The largest absolute Gasteiger partial charge is 0.481 e. The zero-order valence-corrected chi connectivity index (χ0v) is 12.9. The lowest BCUT2D eigenvalue weighted by molar-refractivity contribution is -0.138. The third-order valence-corrected chi connectivity index (χ3v) is 4.56. The molecule has 2 amide bonds. The van der Waals surface area contributed by atoms with E-state index < -0.39 is 5.97 Å². The van der Waals surface area contributed by atoms with Gasteiger partial charge >= 0.3 is 12.0 Å². The molecule has 0 aromatic carbocycles. The highest BCUT2D eigenvalue weighted by molar-refractivity contribution is 5.76. The van der Waals surface area contributed by atoms with E-state index in [-0.39, 0.29) is 18.5 Å². The summed E-state index contributed by atoms with van der Waals surface area (Å²) < 4.78 is 0. The van der Waals surface area contributed by atoms with Crippen LogP contribution in [0.1, 0.15) is 38.5 Å². The number of piperidine rings is 2. The number of nitrogens with zero attached hydrogens (tertiary/aromatic N) is 2. The summed E-state index contributed by atoms with van der Waals surface area (Å²) >= 11 is 0. The van der Waals surface area contributed by atoms with Crippen molar-refractivity contribution in [2.45, 2.75) is 44.6 Å². The van der Waals surface area contributed by atoms with Gasteiger partial charge in [-0.1, -0.05) is 0 Å². The van der Waals surface area contributed by atoms with Gasteiger partial charge in [0.25, 0.3) is 0 Å². The van der Waals surface area contributed by atoms with Crippen molar-refractivity contribution in [3.8, 4) is 0 Å². The number of hydrogen-bond acceptors (Lipinski definition) is 3. The van der Waals surface area contributed by atoms with E-state index in [0.717, 1.165) is 38.8 Å². The molecule has 0 bridgehead atoms. The summed E-state index contributed by atoms with van der Waals surface area (Å²) in [4.78, 5) is 27.3. The van der Waals surface area contributed by atoms with Crippen LogP contribution in [0.4, 0.5) is 4.79 Å². The van der Waals surface area contributed by atoms with Crippen molar-refractivity contribution in [3.05, 3.63) is 0 Å². The Morgan fingerprint density at radius 2 is 2.00 bits per heavy atom. The van der Waals surface area contributed by atoms with Crippen molar-refractivity contribution >= 4 is 12.0 Å². The highest BCUT2D eigenvalue weighted by Crippen LogP contribution is 2.20. The molecular formula is C15H27N3O3. The normalized spacial score (nSPS) is 27.4. The fraction of sp³-hybridized carbons (Fsp3) is 0.867. The molecule has 2 aliphatic heterocycles. The molecule has 0 aromatic heterocycles. The molecule has 2 N–H and O–H groups in total. The number of carbonyl (C=O) groups excluding carboxylic acids is 1. The molecule has 2 heterocycles. The van der Waals surface area contributed by atoms with Crippen LogP contribution in [0.15, 0.2) is 0 Å². The molecule has 6 heteroatoms. The second-order valence-corrected chi connectivity index (χ2v) is 6.40. The van der Waals surface area contributed by atoms with Crippen LogP contribution >= 0.6 is 0 Å². The number of aliphatic carboxylic acids is 1. The van der Waals surface area contributed by atoms with Crippen LogP contribution < -0.4 is 5.32 Å². The smallest absolute Gasteiger partial charge is 0.317 e. The quantitative estimate of drug-likeness (QED) is 0.822. The molecule has 0 aromatic rings. The third kappa shape index (κ3) is 4.88. The van der Waals surface area contributed by atoms with E-state index in [1.165, 1.54) is 6.42 Å². The van der Waals surface area contributed by atoms with Crippen molar-refractivity contribution < 1.29 is 14.7 Å². The number of carbonyl (C=O) groups is 2. The molecule has 0 radical (unpaired) electrons. The van der Waals surface area contributed by atoms with Crippen LogP contribution in [0.2, 0.25) is 0 Å². The van der Waals surface area contributed by atoms with Crippen molar-refractivity contribution in [2.75, 3.05) is 33.2 Å². The number of urea groups is 1. The maximum Gasteiger partial charge on any atom is 0.317 e. The predicted octanol–water partition coefficient (Wildman–Crippen LogP) is 1.37. The molecule has 2 atom stereocenters. The first-order valence-electron chi connectivity index (χ1n) is 8.01. The molecule has 6 nitrogen and oxygen atoms in total. The zero-order valence-electron chi connectivity index (χ0n) is 12.9. The Hall–Kier alpha value is -1.30. The van der Waals surface area contributed by atoms with Crippen LogP contribution in [0, 0.1) is 5.92 Å². The van der Waals surface area contributed by atoms with Gasteiger partial charge in [-0.25, -0.2) is 4.79 Å². The van der Waals surface area contributed by atoms with Gasteiger partial charge in [0.05, 0.1) is 6.42 Å². The first-order chi connectivity index (χ1) is 10.1. The van der Waals surface area contributed by atoms with E-state index >= 15 is 0 Å². The third-order valence-electron chi connectivity index (χ3n) is 4.56. The molecule has 2 saturated heterocycles. The fourth-order valence-electron chi connectivity index (χ4n) is 3.45. The Bertz CT molecular complexity index is 375. The molecule has 2 rings (SSSR count). The van der Waals surface area contributed by atoms with Crippen molar-refractivity contribution in [1.82, 2.24) is 15.1 Å². The van der Waals surface area contributed by atoms with Gasteiger partial charge in [0, 0.05) is 25.7 Å². The number of nitrogens with one attached hydrogen (secondary N) is 1. The maximum absolute atomic E-state index is 12.3. The summed E-state index contributed by atoms with van der Waals surface area (Å²) in [6.07, 6.45) is 5.17. The molecule has 2 aliphatic rings. The zero-order chi connectivity index (χ0) is 15.2. The Morgan fingerprint density at radius 3 is 2.71 bits per heavy atom. The van der Waals surface area contributed by atoms with Gasteiger partial charge < -0.3 is 20.2 Å². The summed E-state index contributed by atoms with van der Waals surface area (Å²) in [6, 6.07) is -0.237. The Morgan fingerprint density at radius 1 is 1.19 bits per heavy atom. The van der Waals surface area contributed by atoms with Crippen molar-refractivity contribution in [2.24, 2.45) is 5.92 Å². The number of rotatable bonds is 4. The van der Waals surface area contributed by atoms with E-state index in [9.17, 15) is 9.59 Å². The van der Waals surface area contributed by atoms with Gasteiger partial charge in [0.2, 0.25) is 0 Å². The van der Waals surface area contributed by atoms with Crippen LogP contribution in [0.5, 0.6) is 0 Å². The van der Waals surface area contributed by atoms with Gasteiger partial charge in [-0.2, -0.15) is 0 Å². The fourth-order valence-corrected chi connectivity index (χ4v) is 3.45. The van der Waals surface area contributed by atoms with Gasteiger partial charge in [0.1, 0.15) is 0 Å². The topological polar surface area (TPSA) is 72.9 Å². The summed E-state index contributed by atoms with van der Waals surface area (Å²) in [5.41, 5.74) is 0. The molecule has 120 valence electrons. The highest BCUT2D eigenvalue weighted by Gasteiger charge is 2.29. The number of hydrogen-bond donors (Lipinski definition) is 2. The lowest BCUT2D eigenvalue weighted by Crippen LogP contribution is -2.51. The highest BCUT2D eigenvalue weighted by atomic mass is 16.4. The van der Waals surface area contributed by atoms with Gasteiger partial charge in [-0.3, -0.25) is 4.79 Å². The molecule has 21 heavy (non-hydrogen) atoms. The second kappa shape index (κ2) is 7.64. The van der Waals surface area contributed by atoms with Gasteiger partial charge in [-0.15, -0.1) is 0 Å². The van der Waals surface area contributed by atoms with Crippen molar-refractivity contribution in [1.29, 1.82) is 0 Å². The SMILES string of the molecule is CN1CCCC(CNC(=O)N2CCCCC2CC(=O)O)C1. The van der Waals surface area contributed by atoms with Gasteiger partial charge in [0.15, 0.2) is 0 Å². The molecule has 0 spiro atoms. The van der Waals surface area contributed by atoms with Gasteiger partial charge in [-0.05, 0) is 51.6 Å². The summed E-state index contributed by atoms with van der Waals surface area (Å²) in [5.74, 6) is -0.316. The lowest BCUT2D eigenvalue weighted by Gasteiger charge is -2.36. The first-order valence-corrected chi connectivity index (χ1v) is 8.01. The minimum absolute atomic E-state index is 0.0551. The summed E-state index contributed by atoms with van der Waals surface area (Å²) in [7, 11) is 2.11.